The molecule has 20 heavy (non-hydrogen) atoms. The molecule has 112 valence electrons. The highest BCUT2D eigenvalue weighted by Gasteiger charge is 2.35. The van der Waals surface area contributed by atoms with Crippen molar-refractivity contribution in [2.24, 2.45) is 5.73 Å². The van der Waals surface area contributed by atoms with Crippen molar-refractivity contribution >= 4 is 11.6 Å². The molecule has 1 heterocycles. The number of nitrogens with zero attached hydrogens (tertiary/aromatic N) is 1. The fraction of sp³-hybridized carbons (Fsp3) is 0.625. The Morgan fingerprint density at radius 3 is 2.80 bits per heavy atom. The number of benzene rings is 1. The van der Waals surface area contributed by atoms with Crippen LogP contribution in [0.4, 0.5) is 0 Å². The predicted molar refractivity (Wildman–Crippen MR) is 84.1 cm³/mol. The molecule has 0 bridgehead atoms. The molecule has 1 aliphatic rings. The number of hydrogen-bond donors (Lipinski definition) is 1. The van der Waals surface area contributed by atoms with E-state index in [9.17, 15) is 0 Å². The fourth-order valence-corrected chi connectivity index (χ4v) is 3.38. The average Bonchev–Trinajstić information content (AvgIpc) is 2.39. The number of halogens is 1. The van der Waals surface area contributed by atoms with Gasteiger partial charge < -0.3 is 10.5 Å². The van der Waals surface area contributed by atoms with Crippen LogP contribution in [0, 0.1) is 0 Å². The Labute approximate surface area is 127 Å². The summed E-state index contributed by atoms with van der Waals surface area (Å²) in [5.74, 6) is 0. The molecule has 1 aliphatic heterocycles. The van der Waals surface area contributed by atoms with Gasteiger partial charge in [-0.25, -0.2) is 0 Å². The van der Waals surface area contributed by atoms with Gasteiger partial charge in [-0.15, -0.1) is 0 Å². The lowest BCUT2D eigenvalue weighted by molar-refractivity contribution is -0.0637. The Kier molecular flexibility index (Phi) is 5.08. The van der Waals surface area contributed by atoms with Crippen LogP contribution in [-0.4, -0.2) is 36.7 Å². The van der Waals surface area contributed by atoms with Crippen molar-refractivity contribution in [3.63, 3.8) is 0 Å². The Morgan fingerprint density at radius 1 is 1.45 bits per heavy atom. The van der Waals surface area contributed by atoms with Crippen LogP contribution in [0.3, 0.4) is 0 Å². The van der Waals surface area contributed by atoms with Gasteiger partial charge in [0, 0.05) is 30.8 Å². The summed E-state index contributed by atoms with van der Waals surface area (Å²) in [4.78, 5) is 2.43. The minimum Gasteiger partial charge on any atom is -0.377 e. The van der Waals surface area contributed by atoms with Gasteiger partial charge >= 0.3 is 0 Å². The number of ether oxygens (including phenoxy) is 1. The summed E-state index contributed by atoms with van der Waals surface area (Å²) >= 11 is 6.13. The van der Waals surface area contributed by atoms with Crippen LogP contribution in [0.15, 0.2) is 24.3 Å². The molecule has 0 amide bonds. The zero-order valence-corrected chi connectivity index (χ0v) is 13.4. The number of likely N-dealkylation sites (tertiary alicyclic amines) is 1. The second kappa shape index (κ2) is 6.44. The highest BCUT2D eigenvalue weighted by Crippen LogP contribution is 2.32. The van der Waals surface area contributed by atoms with Crippen LogP contribution in [0.5, 0.6) is 0 Å². The maximum atomic E-state index is 6.25. The van der Waals surface area contributed by atoms with Gasteiger partial charge in [-0.2, -0.15) is 0 Å². The molecule has 4 heteroatoms. The van der Waals surface area contributed by atoms with E-state index in [-0.39, 0.29) is 17.7 Å². The van der Waals surface area contributed by atoms with Gasteiger partial charge in [-0.1, -0.05) is 23.7 Å². The minimum atomic E-state index is -0.0794. The molecule has 2 N–H and O–H groups in total. The lowest BCUT2D eigenvalue weighted by Crippen LogP contribution is -2.51. The van der Waals surface area contributed by atoms with Gasteiger partial charge in [0.15, 0.2) is 0 Å². The first-order valence-corrected chi connectivity index (χ1v) is 7.63. The van der Waals surface area contributed by atoms with E-state index in [1.807, 2.05) is 18.2 Å². The number of rotatable bonds is 4. The first kappa shape index (κ1) is 15.8. The standard InChI is InChI=1S/C16H25ClN2O/c1-12(18)15(13-6-4-7-14(17)10-13)19-9-5-8-16(2,11-19)20-3/h4,6-7,10,12,15H,5,8-9,11,18H2,1-3H3. The Morgan fingerprint density at radius 2 is 2.20 bits per heavy atom. The zero-order chi connectivity index (χ0) is 14.8. The van der Waals surface area contributed by atoms with E-state index in [0.717, 1.165) is 31.0 Å². The average molecular weight is 297 g/mol. The third kappa shape index (κ3) is 3.53. The molecule has 2 rings (SSSR count). The van der Waals surface area contributed by atoms with Gasteiger partial charge in [0.05, 0.1) is 5.60 Å². The summed E-state index contributed by atoms with van der Waals surface area (Å²) in [6, 6.07) is 8.26. The van der Waals surface area contributed by atoms with Crippen LogP contribution in [0.1, 0.15) is 38.3 Å². The summed E-state index contributed by atoms with van der Waals surface area (Å²) in [5.41, 5.74) is 7.36. The molecular weight excluding hydrogens is 272 g/mol. The fourth-order valence-electron chi connectivity index (χ4n) is 3.19. The summed E-state index contributed by atoms with van der Waals surface area (Å²) in [7, 11) is 1.80. The minimum absolute atomic E-state index is 0.0488. The van der Waals surface area contributed by atoms with Gasteiger partial charge in [-0.05, 0) is 50.9 Å². The maximum absolute atomic E-state index is 6.25. The smallest absolute Gasteiger partial charge is 0.0777 e. The van der Waals surface area contributed by atoms with E-state index in [0.29, 0.717) is 0 Å². The first-order valence-electron chi connectivity index (χ1n) is 7.25. The lowest BCUT2D eigenvalue weighted by atomic mass is 9.90. The zero-order valence-electron chi connectivity index (χ0n) is 12.6. The summed E-state index contributed by atoms with van der Waals surface area (Å²) in [5, 5.41) is 0.764. The SMILES string of the molecule is COC1(C)CCCN(C(c2cccc(Cl)c2)C(C)N)C1. The van der Waals surface area contributed by atoms with Gasteiger partial charge in [0.25, 0.3) is 0 Å². The van der Waals surface area contributed by atoms with Crippen molar-refractivity contribution in [1.82, 2.24) is 4.90 Å². The molecule has 3 nitrogen and oxygen atoms in total. The van der Waals surface area contributed by atoms with E-state index in [1.54, 1.807) is 7.11 Å². The lowest BCUT2D eigenvalue weighted by Gasteiger charge is -2.44. The van der Waals surface area contributed by atoms with E-state index >= 15 is 0 Å². The number of hydrogen-bond acceptors (Lipinski definition) is 3. The van der Waals surface area contributed by atoms with Crippen molar-refractivity contribution in [3.05, 3.63) is 34.9 Å². The molecule has 3 unspecified atom stereocenters. The van der Waals surface area contributed by atoms with E-state index < -0.39 is 0 Å². The molecule has 0 saturated carbocycles. The van der Waals surface area contributed by atoms with Gasteiger partial charge in [0.1, 0.15) is 0 Å². The number of nitrogens with two attached hydrogens (primary N) is 1. The second-order valence-corrected chi connectivity index (χ2v) is 6.52. The van der Waals surface area contributed by atoms with E-state index in [2.05, 4.69) is 24.8 Å². The second-order valence-electron chi connectivity index (χ2n) is 6.09. The Hall–Kier alpha value is -0.610. The maximum Gasteiger partial charge on any atom is 0.0777 e. The van der Waals surface area contributed by atoms with E-state index in [1.165, 1.54) is 5.56 Å². The van der Waals surface area contributed by atoms with Crippen molar-refractivity contribution in [3.8, 4) is 0 Å². The van der Waals surface area contributed by atoms with Crippen LogP contribution in [0.25, 0.3) is 0 Å². The summed E-state index contributed by atoms with van der Waals surface area (Å²) in [6.07, 6.45) is 2.23. The van der Waals surface area contributed by atoms with Crippen molar-refractivity contribution < 1.29 is 4.74 Å². The van der Waals surface area contributed by atoms with Crippen molar-refractivity contribution in [1.29, 1.82) is 0 Å². The highest BCUT2D eigenvalue weighted by molar-refractivity contribution is 6.30. The molecule has 0 radical (unpaired) electrons. The largest absolute Gasteiger partial charge is 0.377 e. The van der Waals surface area contributed by atoms with Gasteiger partial charge in [-0.3, -0.25) is 4.90 Å². The number of piperidine rings is 1. The molecule has 1 aromatic carbocycles. The Balaban J connectivity index is 2.25. The van der Waals surface area contributed by atoms with Crippen LogP contribution in [0.2, 0.25) is 5.02 Å². The molecule has 1 saturated heterocycles. The van der Waals surface area contributed by atoms with Crippen LogP contribution < -0.4 is 5.73 Å². The molecule has 1 aromatic rings. The number of methoxy groups -OCH3 is 1. The molecule has 0 aliphatic carbocycles. The predicted octanol–water partition coefficient (Wildman–Crippen LogP) is 3.23. The third-order valence-corrected chi connectivity index (χ3v) is 4.50. The first-order chi connectivity index (χ1) is 9.45. The molecular formula is C16H25ClN2O. The normalized spacial score (nSPS) is 27.2. The van der Waals surface area contributed by atoms with Crippen molar-refractivity contribution in [2.45, 2.75) is 44.4 Å². The van der Waals surface area contributed by atoms with Gasteiger partial charge in [0.2, 0.25) is 0 Å². The van der Waals surface area contributed by atoms with E-state index in [4.69, 9.17) is 22.1 Å². The van der Waals surface area contributed by atoms with Crippen molar-refractivity contribution in [2.75, 3.05) is 20.2 Å². The topological polar surface area (TPSA) is 38.5 Å². The highest BCUT2D eigenvalue weighted by atomic mass is 35.5. The van der Waals surface area contributed by atoms with Crippen LogP contribution in [-0.2, 0) is 4.74 Å². The summed E-state index contributed by atoms with van der Waals surface area (Å²) in [6.45, 7) is 6.19. The Bertz CT molecular complexity index is 452. The van der Waals surface area contributed by atoms with Crippen LogP contribution >= 0.6 is 11.6 Å². The quantitative estimate of drug-likeness (QED) is 0.927. The monoisotopic (exact) mass is 296 g/mol. The molecule has 0 spiro atoms. The summed E-state index contributed by atoms with van der Waals surface area (Å²) < 4.78 is 5.69. The molecule has 0 aromatic heterocycles. The molecule has 3 atom stereocenters. The third-order valence-electron chi connectivity index (χ3n) is 4.26. The molecule has 1 fully saturated rings.